The zero-order chi connectivity index (χ0) is 21.3. The van der Waals surface area contributed by atoms with E-state index in [-0.39, 0.29) is 17.9 Å². The minimum absolute atomic E-state index is 0.0608. The zero-order valence-electron chi connectivity index (χ0n) is 17.4. The van der Waals surface area contributed by atoms with Gasteiger partial charge in [-0.1, -0.05) is 18.2 Å². The van der Waals surface area contributed by atoms with E-state index in [1.807, 2.05) is 25.2 Å². The number of aromatic nitrogens is 3. The highest BCUT2D eigenvalue weighted by Crippen LogP contribution is 2.14. The first-order valence-electron chi connectivity index (χ1n) is 10.1. The van der Waals surface area contributed by atoms with Crippen LogP contribution < -0.4 is 15.8 Å². The van der Waals surface area contributed by atoms with Crippen molar-refractivity contribution in [1.82, 2.24) is 20.3 Å². The average Bonchev–Trinajstić information content (AvgIpc) is 2.77. The van der Waals surface area contributed by atoms with Gasteiger partial charge in [-0.15, -0.1) is 0 Å². The molecule has 0 bridgehead atoms. The summed E-state index contributed by atoms with van der Waals surface area (Å²) in [6.45, 7) is 3.25. The minimum Gasteiger partial charge on any atom is -0.375 e. The number of nitrogens with zero attached hydrogens (tertiary/aromatic N) is 3. The summed E-state index contributed by atoms with van der Waals surface area (Å²) in [6, 6.07) is 13.7. The van der Waals surface area contributed by atoms with Crippen molar-refractivity contribution in [2.75, 3.05) is 25.0 Å². The van der Waals surface area contributed by atoms with Gasteiger partial charge in [-0.25, -0.2) is 4.98 Å². The minimum atomic E-state index is -0.202. The maximum absolute atomic E-state index is 12.5. The van der Waals surface area contributed by atoms with Crippen molar-refractivity contribution in [1.29, 1.82) is 0 Å². The van der Waals surface area contributed by atoms with Gasteiger partial charge in [-0.2, -0.15) is 0 Å². The molecule has 0 unspecified atom stereocenters. The van der Waals surface area contributed by atoms with Crippen molar-refractivity contribution in [2.45, 2.75) is 26.2 Å². The van der Waals surface area contributed by atoms with Crippen molar-refractivity contribution in [3.63, 3.8) is 0 Å². The van der Waals surface area contributed by atoms with Gasteiger partial charge in [-0.05, 0) is 44.0 Å². The van der Waals surface area contributed by atoms with Crippen molar-refractivity contribution in [3.05, 3.63) is 76.5 Å². The van der Waals surface area contributed by atoms with Gasteiger partial charge in [0.25, 0.3) is 5.56 Å². The molecule has 2 aromatic heterocycles. The van der Waals surface area contributed by atoms with Gasteiger partial charge >= 0.3 is 0 Å². The topological polar surface area (TPSA) is 91.0 Å². The molecule has 7 heteroatoms. The molecule has 0 radical (unpaired) electrons. The molecule has 1 amide bonds. The first kappa shape index (κ1) is 21.2. The van der Waals surface area contributed by atoms with Crippen LogP contribution in [0.2, 0.25) is 0 Å². The fraction of sp³-hybridized carbons (Fsp3) is 0.304. The van der Waals surface area contributed by atoms with E-state index in [0.717, 1.165) is 24.2 Å². The van der Waals surface area contributed by atoms with Gasteiger partial charge in [0, 0.05) is 61.5 Å². The Morgan fingerprint density at radius 2 is 1.87 bits per heavy atom. The number of aromatic amines is 1. The first-order valence-corrected chi connectivity index (χ1v) is 10.1. The van der Waals surface area contributed by atoms with E-state index in [4.69, 9.17) is 0 Å². The van der Waals surface area contributed by atoms with Crippen LogP contribution in [0.15, 0.2) is 59.7 Å². The molecule has 0 saturated carbocycles. The molecule has 0 atom stereocenters. The lowest BCUT2D eigenvalue weighted by atomic mass is 10.1. The first-order chi connectivity index (χ1) is 14.5. The fourth-order valence-corrected chi connectivity index (χ4v) is 3.23. The monoisotopic (exact) mass is 405 g/mol. The van der Waals surface area contributed by atoms with Crippen LogP contribution in [-0.4, -0.2) is 41.0 Å². The van der Waals surface area contributed by atoms with Crippen molar-refractivity contribution < 1.29 is 4.79 Å². The van der Waals surface area contributed by atoms with E-state index >= 15 is 0 Å². The van der Waals surface area contributed by atoms with Crippen LogP contribution in [0.4, 0.5) is 5.69 Å². The molecule has 2 N–H and O–H groups in total. The molecule has 2 heterocycles. The van der Waals surface area contributed by atoms with Crippen molar-refractivity contribution >= 4 is 11.6 Å². The number of pyridine rings is 1. The normalized spacial score (nSPS) is 10.6. The summed E-state index contributed by atoms with van der Waals surface area (Å²) in [5, 5.41) is 2.93. The highest BCUT2D eigenvalue weighted by atomic mass is 16.1. The van der Waals surface area contributed by atoms with E-state index < -0.39 is 0 Å². The van der Waals surface area contributed by atoms with Crippen LogP contribution in [0, 0.1) is 6.92 Å². The molecule has 0 aliphatic heterocycles. The molecule has 0 saturated heterocycles. The molecule has 0 aliphatic rings. The van der Waals surface area contributed by atoms with Gasteiger partial charge in [0.15, 0.2) is 0 Å². The molecular weight excluding hydrogens is 378 g/mol. The van der Waals surface area contributed by atoms with E-state index in [9.17, 15) is 9.59 Å². The summed E-state index contributed by atoms with van der Waals surface area (Å²) in [6.07, 6.45) is 4.77. The maximum Gasteiger partial charge on any atom is 0.254 e. The summed E-state index contributed by atoms with van der Waals surface area (Å²) >= 11 is 0. The molecule has 3 rings (SSSR count). The molecule has 7 nitrogen and oxygen atoms in total. The Balaban J connectivity index is 1.46. The summed E-state index contributed by atoms with van der Waals surface area (Å²) in [5.41, 5.74) is 2.94. The van der Waals surface area contributed by atoms with Crippen LogP contribution in [-0.2, 0) is 11.2 Å². The van der Waals surface area contributed by atoms with E-state index in [1.54, 1.807) is 31.5 Å². The molecule has 30 heavy (non-hydrogen) atoms. The largest absolute Gasteiger partial charge is 0.375 e. The number of aryl methyl sites for hydroxylation is 1. The summed E-state index contributed by atoms with van der Waals surface area (Å²) in [5.74, 6) is 0.449. The second-order valence-electron chi connectivity index (χ2n) is 7.17. The Hall–Kier alpha value is -3.48. The van der Waals surface area contributed by atoms with Crippen LogP contribution >= 0.6 is 0 Å². The second-order valence-corrected chi connectivity index (χ2v) is 7.17. The standard InChI is InChI=1S/C23H27N5O2/c1-17-20(23(30)27-22(26-17)18-11-14-24-15-12-18)9-10-21(29)25-13-6-16-28(2)19-7-4-3-5-8-19/h3-5,7-8,11-12,14-15H,6,9-10,13,16H2,1-2H3,(H,25,29)(H,26,27,30). The van der Waals surface area contributed by atoms with Crippen LogP contribution in [0.25, 0.3) is 11.4 Å². The number of H-pyrrole nitrogens is 1. The van der Waals surface area contributed by atoms with Gasteiger partial charge < -0.3 is 15.2 Å². The maximum atomic E-state index is 12.5. The molecule has 1 aromatic carbocycles. The second kappa shape index (κ2) is 10.3. The van der Waals surface area contributed by atoms with Crippen LogP contribution in [0.3, 0.4) is 0 Å². The average molecular weight is 406 g/mol. The molecule has 0 aliphatic carbocycles. The summed E-state index contributed by atoms with van der Waals surface area (Å²) < 4.78 is 0. The quantitative estimate of drug-likeness (QED) is 0.534. The lowest BCUT2D eigenvalue weighted by Crippen LogP contribution is -2.29. The molecule has 0 spiro atoms. The van der Waals surface area contributed by atoms with Gasteiger partial charge in [0.1, 0.15) is 5.82 Å². The number of benzene rings is 1. The molecular formula is C23H27N5O2. The Kier molecular flexibility index (Phi) is 7.32. The molecule has 0 fully saturated rings. The van der Waals surface area contributed by atoms with Gasteiger partial charge in [0.05, 0.1) is 0 Å². The lowest BCUT2D eigenvalue weighted by Gasteiger charge is -2.19. The lowest BCUT2D eigenvalue weighted by molar-refractivity contribution is -0.121. The Morgan fingerprint density at radius 3 is 2.57 bits per heavy atom. The Bertz CT molecular complexity index is 1020. The predicted octanol–water partition coefficient (Wildman–Crippen LogP) is 2.72. The number of para-hydroxylation sites is 1. The SMILES string of the molecule is Cc1nc(-c2ccncc2)[nH]c(=O)c1CCC(=O)NCCCN(C)c1ccccc1. The zero-order valence-corrected chi connectivity index (χ0v) is 17.4. The van der Waals surface area contributed by atoms with E-state index in [0.29, 0.717) is 30.0 Å². The molecule has 156 valence electrons. The van der Waals surface area contributed by atoms with Gasteiger partial charge in [0.2, 0.25) is 5.91 Å². The Morgan fingerprint density at radius 1 is 1.13 bits per heavy atom. The third-order valence-electron chi connectivity index (χ3n) is 4.97. The molecule has 3 aromatic rings. The summed E-state index contributed by atoms with van der Waals surface area (Å²) in [7, 11) is 2.04. The number of carbonyl (C=O) groups excluding carboxylic acids is 1. The number of nitrogens with one attached hydrogen (secondary N) is 2. The number of rotatable bonds is 9. The highest BCUT2D eigenvalue weighted by Gasteiger charge is 2.11. The third kappa shape index (κ3) is 5.76. The fourth-order valence-electron chi connectivity index (χ4n) is 3.23. The Labute approximate surface area is 176 Å². The third-order valence-corrected chi connectivity index (χ3v) is 4.97. The number of carbonyl (C=O) groups is 1. The van der Waals surface area contributed by atoms with Crippen molar-refractivity contribution in [3.8, 4) is 11.4 Å². The van der Waals surface area contributed by atoms with Crippen LogP contribution in [0.1, 0.15) is 24.1 Å². The number of hydrogen-bond donors (Lipinski definition) is 2. The number of amides is 1. The van der Waals surface area contributed by atoms with Crippen LogP contribution in [0.5, 0.6) is 0 Å². The number of hydrogen-bond acceptors (Lipinski definition) is 5. The van der Waals surface area contributed by atoms with Crippen molar-refractivity contribution in [2.24, 2.45) is 0 Å². The van der Waals surface area contributed by atoms with Gasteiger partial charge in [-0.3, -0.25) is 14.6 Å². The summed E-state index contributed by atoms with van der Waals surface area (Å²) in [4.78, 5) is 38.1. The number of anilines is 1. The smallest absolute Gasteiger partial charge is 0.254 e. The highest BCUT2D eigenvalue weighted by molar-refractivity contribution is 5.76. The van der Waals surface area contributed by atoms with E-state index in [1.165, 1.54) is 0 Å². The predicted molar refractivity (Wildman–Crippen MR) is 118 cm³/mol. The van der Waals surface area contributed by atoms with E-state index in [2.05, 4.69) is 37.3 Å².